The van der Waals surface area contributed by atoms with Crippen LogP contribution >= 0.6 is 0 Å². The maximum atomic E-state index is 12.3. The maximum Gasteiger partial charge on any atom is 0.319 e. The van der Waals surface area contributed by atoms with E-state index in [0.717, 1.165) is 18.4 Å². The van der Waals surface area contributed by atoms with Crippen molar-refractivity contribution in [1.29, 1.82) is 0 Å². The van der Waals surface area contributed by atoms with Crippen molar-refractivity contribution < 1.29 is 19.6 Å². The van der Waals surface area contributed by atoms with Crippen molar-refractivity contribution in [3.8, 4) is 11.8 Å². The molecule has 0 saturated heterocycles. The van der Waals surface area contributed by atoms with Gasteiger partial charge >= 0.3 is 6.03 Å². The molecule has 0 heterocycles. The fraction of sp³-hybridized carbons (Fsp3) is 0.261. The number of carbonyl (C=O) groups is 3. The van der Waals surface area contributed by atoms with Gasteiger partial charge in [0.05, 0.1) is 0 Å². The van der Waals surface area contributed by atoms with E-state index >= 15 is 0 Å². The molecule has 9 nitrogen and oxygen atoms in total. The SMILES string of the molecule is C[C@@H](N)[C@H](NC(=O)c1ccc(C#Cc2ccc(NC(=O)NC3CC3)cc2)cc1)C(=O)NO. The monoisotopic (exact) mass is 435 g/mol. The number of rotatable bonds is 6. The van der Waals surface area contributed by atoms with Crippen molar-refractivity contribution in [3.63, 3.8) is 0 Å². The van der Waals surface area contributed by atoms with Crippen molar-refractivity contribution in [1.82, 2.24) is 16.1 Å². The quantitative estimate of drug-likeness (QED) is 0.230. The predicted octanol–water partition coefficient (Wildman–Crippen LogP) is 1.32. The summed E-state index contributed by atoms with van der Waals surface area (Å²) < 4.78 is 0. The third kappa shape index (κ3) is 6.57. The summed E-state index contributed by atoms with van der Waals surface area (Å²) in [6.07, 6.45) is 2.06. The lowest BCUT2D eigenvalue weighted by atomic mass is 10.1. The number of hydrogen-bond donors (Lipinski definition) is 6. The molecule has 0 radical (unpaired) electrons. The molecule has 32 heavy (non-hydrogen) atoms. The Kier molecular flexibility index (Phi) is 7.44. The Labute approximate surface area is 185 Å². The average Bonchev–Trinajstić information content (AvgIpc) is 3.60. The van der Waals surface area contributed by atoms with E-state index < -0.39 is 23.9 Å². The third-order valence-electron chi connectivity index (χ3n) is 4.76. The summed E-state index contributed by atoms with van der Waals surface area (Å²) in [6.45, 7) is 1.55. The molecule has 2 atom stereocenters. The number of amides is 4. The van der Waals surface area contributed by atoms with Crippen LogP contribution in [0.5, 0.6) is 0 Å². The van der Waals surface area contributed by atoms with Crippen molar-refractivity contribution in [3.05, 3.63) is 65.2 Å². The topological polar surface area (TPSA) is 146 Å². The first kappa shape index (κ1) is 22.8. The summed E-state index contributed by atoms with van der Waals surface area (Å²) in [4.78, 5) is 35.7. The van der Waals surface area contributed by atoms with Gasteiger partial charge in [0.2, 0.25) is 0 Å². The van der Waals surface area contributed by atoms with Gasteiger partial charge in [-0.05, 0) is 68.3 Å². The van der Waals surface area contributed by atoms with E-state index in [0.29, 0.717) is 22.9 Å². The van der Waals surface area contributed by atoms with Gasteiger partial charge in [0.25, 0.3) is 11.8 Å². The molecular weight excluding hydrogens is 410 g/mol. The summed E-state index contributed by atoms with van der Waals surface area (Å²) in [6, 6.07) is 12.0. The lowest BCUT2D eigenvalue weighted by Gasteiger charge is -2.20. The van der Waals surface area contributed by atoms with Crippen LogP contribution < -0.4 is 27.2 Å². The van der Waals surface area contributed by atoms with Crippen LogP contribution in [0.2, 0.25) is 0 Å². The van der Waals surface area contributed by atoms with Crippen molar-refractivity contribution in [2.75, 3.05) is 5.32 Å². The number of carbonyl (C=O) groups excluding carboxylic acids is 3. The van der Waals surface area contributed by atoms with E-state index in [1.807, 2.05) is 12.1 Å². The molecular formula is C23H25N5O4. The smallest absolute Gasteiger partial charge is 0.319 e. The van der Waals surface area contributed by atoms with Crippen molar-refractivity contribution >= 4 is 23.5 Å². The van der Waals surface area contributed by atoms with E-state index in [1.165, 1.54) is 5.48 Å². The Morgan fingerprint density at radius 1 is 1.00 bits per heavy atom. The minimum Gasteiger partial charge on any atom is -0.339 e. The minimum atomic E-state index is -1.07. The Hall–Kier alpha value is -3.87. The number of nitrogens with two attached hydrogens (primary N) is 1. The molecule has 0 aliphatic heterocycles. The molecule has 3 rings (SSSR count). The van der Waals surface area contributed by atoms with Crippen molar-refractivity contribution in [2.45, 2.75) is 37.9 Å². The standard InChI is InChI=1S/C23H25N5O4/c1-14(24)20(22(30)28-32)27-21(29)17-8-4-15(5-9-17)2-3-16-6-10-18(11-7-16)25-23(31)26-19-12-13-19/h4-11,14,19-20,32H,12-13,24H2,1H3,(H,27,29)(H,28,30)(H2,25,26,31)/t14-,20+/m1/s1. The van der Waals surface area contributed by atoms with Crippen LogP contribution in [0.1, 0.15) is 41.3 Å². The second kappa shape index (κ2) is 10.4. The molecule has 7 N–H and O–H groups in total. The summed E-state index contributed by atoms with van der Waals surface area (Å²) in [5.41, 5.74) is 9.66. The second-order valence-electron chi connectivity index (χ2n) is 7.56. The van der Waals surface area contributed by atoms with Crippen LogP contribution in [0.25, 0.3) is 0 Å². The Morgan fingerprint density at radius 2 is 1.56 bits per heavy atom. The Morgan fingerprint density at radius 3 is 2.06 bits per heavy atom. The number of urea groups is 1. The largest absolute Gasteiger partial charge is 0.339 e. The first-order valence-electron chi connectivity index (χ1n) is 10.2. The van der Waals surface area contributed by atoms with Crippen LogP contribution in [0.4, 0.5) is 10.5 Å². The molecule has 1 aliphatic rings. The number of benzene rings is 2. The minimum absolute atomic E-state index is 0.209. The molecule has 0 bridgehead atoms. The van der Waals surface area contributed by atoms with Crippen LogP contribution in [-0.2, 0) is 4.79 Å². The lowest BCUT2D eigenvalue weighted by molar-refractivity contribution is -0.131. The van der Waals surface area contributed by atoms with Gasteiger partial charge in [-0.1, -0.05) is 11.8 Å². The van der Waals surface area contributed by atoms with Gasteiger partial charge in [0, 0.05) is 34.5 Å². The van der Waals surface area contributed by atoms with Gasteiger partial charge in [0.15, 0.2) is 0 Å². The van der Waals surface area contributed by atoms with Crippen LogP contribution in [0.15, 0.2) is 48.5 Å². The van der Waals surface area contributed by atoms with E-state index in [2.05, 4.69) is 27.8 Å². The van der Waals surface area contributed by atoms with Gasteiger partial charge in [-0.25, -0.2) is 10.3 Å². The highest BCUT2D eigenvalue weighted by atomic mass is 16.5. The van der Waals surface area contributed by atoms with E-state index in [-0.39, 0.29) is 6.03 Å². The van der Waals surface area contributed by atoms with Gasteiger partial charge in [0.1, 0.15) is 6.04 Å². The van der Waals surface area contributed by atoms with Gasteiger partial charge < -0.3 is 21.7 Å². The number of nitrogens with one attached hydrogen (secondary N) is 4. The summed E-state index contributed by atoms with van der Waals surface area (Å²) in [5.74, 6) is 4.75. The van der Waals surface area contributed by atoms with E-state index in [1.54, 1.807) is 43.3 Å². The molecule has 166 valence electrons. The van der Waals surface area contributed by atoms with E-state index in [9.17, 15) is 14.4 Å². The highest BCUT2D eigenvalue weighted by Crippen LogP contribution is 2.19. The maximum absolute atomic E-state index is 12.3. The number of hydrogen-bond acceptors (Lipinski definition) is 5. The number of anilines is 1. The Bertz CT molecular complexity index is 1030. The average molecular weight is 435 g/mol. The predicted molar refractivity (Wildman–Crippen MR) is 119 cm³/mol. The molecule has 4 amide bonds. The summed E-state index contributed by atoms with van der Waals surface area (Å²) >= 11 is 0. The molecule has 2 aromatic rings. The van der Waals surface area contributed by atoms with Gasteiger partial charge in [-0.2, -0.15) is 0 Å². The lowest BCUT2D eigenvalue weighted by Crippen LogP contribution is -2.54. The molecule has 0 spiro atoms. The van der Waals surface area contributed by atoms with Gasteiger partial charge in [-0.3, -0.25) is 14.8 Å². The first-order chi connectivity index (χ1) is 15.4. The fourth-order valence-corrected chi connectivity index (χ4v) is 2.80. The van der Waals surface area contributed by atoms with E-state index in [4.69, 9.17) is 10.9 Å². The zero-order chi connectivity index (χ0) is 23.1. The third-order valence-corrected chi connectivity index (χ3v) is 4.76. The molecule has 1 fully saturated rings. The zero-order valence-electron chi connectivity index (χ0n) is 17.5. The zero-order valence-corrected chi connectivity index (χ0v) is 17.5. The summed E-state index contributed by atoms with van der Waals surface area (Å²) in [7, 11) is 0. The normalized spacial score (nSPS) is 14.2. The summed E-state index contributed by atoms with van der Waals surface area (Å²) in [5, 5.41) is 16.9. The highest BCUT2D eigenvalue weighted by molar-refractivity contribution is 5.97. The highest BCUT2D eigenvalue weighted by Gasteiger charge is 2.25. The van der Waals surface area contributed by atoms with Crippen LogP contribution in [-0.4, -0.2) is 41.2 Å². The Balaban J connectivity index is 1.58. The molecule has 1 aliphatic carbocycles. The molecule has 1 saturated carbocycles. The molecule has 9 heteroatoms. The fourth-order valence-electron chi connectivity index (χ4n) is 2.80. The van der Waals surface area contributed by atoms with Crippen LogP contribution in [0.3, 0.4) is 0 Å². The molecule has 0 aromatic heterocycles. The van der Waals surface area contributed by atoms with Gasteiger partial charge in [-0.15, -0.1) is 0 Å². The first-order valence-corrected chi connectivity index (χ1v) is 10.2. The molecule has 2 aromatic carbocycles. The number of hydroxylamine groups is 1. The second-order valence-corrected chi connectivity index (χ2v) is 7.56. The van der Waals surface area contributed by atoms with Crippen molar-refractivity contribution in [2.24, 2.45) is 5.73 Å². The molecule has 0 unspecified atom stereocenters. The van der Waals surface area contributed by atoms with Crippen LogP contribution in [0, 0.1) is 11.8 Å².